The standard InChI is InChI=1S/C14H18ClN3/c15-10-6-4-9(5-7-10)12-8-13(12)18-14(16)17-11-2-1-3-11/h4-7,11-13H,1-3,8H2,(H3,16,17,18)/t12-,13+/m0/s1. The molecule has 3 rings (SSSR count). The molecule has 0 aliphatic heterocycles. The van der Waals surface area contributed by atoms with Crippen molar-refractivity contribution < 1.29 is 0 Å². The molecule has 96 valence electrons. The normalized spacial score (nSPS) is 27.7. The largest absolute Gasteiger partial charge is 0.370 e. The van der Waals surface area contributed by atoms with E-state index in [-0.39, 0.29) is 0 Å². The number of halogens is 1. The zero-order chi connectivity index (χ0) is 12.5. The molecule has 3 nitrogen and oxygen atoms in total. The smallest absolute Gasteiger partial charge is 0.189 e. The summed E-state index contributed by atoms with van der Waals surface area (Å²) in [6.07, 6.45) is 4.85. The molecule has 4 heteroatoms. The summed E-state index contributed by atoms with van der Waals surface area (Å²) in [4.78, 5) is 4.54. The number of hydrogen-bond donors (Lipinski definition) is 2. The van der Waals surface area contributed by atoms with E-state index in [1.165, 1.54) is 24.8 Å². The maximum atomic E-state index is 5.91. The Bertz CT molecular complexity index is 451. The van der Waals surface area contributed by atoms with Crippen LogP contribution < -0.4 is 11.1 Å². The molecule has 1 aromatic carbocycles. The Morgan fingerprint density at radius 2 is 2.00 bits per heavy atom. The summed E-state index contributed by atoms with van der Waals surface area (Å²) in [7, 11) is 0. The molecule has 0 aromatic heterocycles. The van der Waals surface area contributed by atoms with Gasteiger partial charge in [0.25, 0.3) is 0 Å². The number of nitrogens with one attached hydrogen (secondary N) is 1. The van der Waals surface area contributed by atoms with Crippen LogP contribution >= 0.6 is 11.6 Å². The van der Waals surface area contributed by atoms with Gasteiger partial charge in [-0.1, -0.05) is 23.7 Å². The summed E-state index contributed by atoms with van der Waals surface area (Å²) in [6.45, 7) is 0. The average molecular weight is 264 g/mol. The molecule has 0 spiro atoms. The number of guanidine groups is 1. The fourth-order valence-electron chi connectivity index (χ4n) is 2.37. The van der Waals surface area contributed by atoms with Gasteiger partial charge in [0.2, 0.25) is 0 Å². The number of benzene rings is 1. The molecule has 0 bridgehead atoms. The van der Waals surface area contributed by atoms with Crippen LogP contribution in [0.5, 0.6) is 0 Å². The van der Waals surface area contributed by atoms with Crippen LogP contribution in [0, 0.1) is 0 Å². The van der Waals surface area contributed by atoms with Gasteiger partial charge in [0.1, 0.15) is 0 Å². The maximum absolute atomic E-state index is 5.91. The van der Waals surface area contributed by atoms with E-state index < -0.39 is 0 Å². The highest BCUT2D eigenvalue weighted by atomic mass is 35.5. The molecule has 0 unspecified atom stereocenters. The molecular formula is C14H18ClN3. The predicted molar refractivity (Wildman–Crippen MR) is 75.0 cm³/mol. The number of hydrogen-bond acceptors (Lipinski definition) is 1. The Kier molecular flexibility index (Phi) is 3.16. The van der Waals surface area contributed by atoms with Gasteiger partial charge in [-0.3, -0.25) is 0 Å². The van der Waals surface area contributed by atoms with Crippen molar-refractivity contribution in [2.24, 2.45) is 10.7 Å². The molecular weight excluding hydrogens is 246 g/mol. The second kappa shape index (κ2) is 4.81. The van der Waals surface area contributed by atoms with Gasteiger partial charge in [0.15, 0.2) is 5.96 Å². The summed E-state index contributed by atoms with van der Waals surface area (Å²) < 4.78 is 0. The SMILES string of the molecule is NC(=N[C@@H]1C[C@H]1c1ccc(Cl)cc1)NC1CCC1. The van der Waals surface area contributed by atoms with E-state index in [9.17, 15) is 0 Å². The van der Waals surface area contributed by atoms with Crippen LogP contribution in [-0.2, 0) is 0 Å². The zero-order valence-corrected chi connectivity index (χ0v) is 11.0. The Balaban J connectivity index is 1.56. The van der Waals surface area contributed by atoms with E-state index in [1.807, 2.05) is 12.1 Å². The molecule has 0 radical (unpaired) electrons. The van der Waals surface area contributed by atoms with Crippen LogP contribution in [0.2, 0.25) is 5.02 Å². The fourth-order valence-corrected chi connectivity index (χ4v) is 2.50. The zero-order valence-electron chi connectivity index (χ0n) is 10.3. The minimum absolute atomic E-state index is 0.346. The van der Waals surface area contributed by atoms with Crippen molar-refractivity contribution in [1.82, 2.24) is 5.32 Å². The summed E-state index contributed by atoms with van der Waals surface area (Å²) in [6, 6.07) is 8.94. The van der Waals surface area contributed by atoms with Crippen LogP contribution in [0.15, 0.2) is 29.3 Å². The van der Waals surface area contributed by atoms with Crippen LogP contribution in [-0.4, -0.2) is 18.0 Å². The van der Waals surface area contributed by atoms with Crippen molar-refractivity contribution in [1.29, 1.82) is 0 Å². The van der Waals surface area contributed by atoms with Gasteiger partial charge in [0, 0.05) is 17.0 Å². The van der Waals surface area contributed by atoms with Gasteiger partial charge >= 0.3 is 0 Å². The van der Waals surface area contributed by atoms with Crippen molar-refractivity contribution in [3.63, 3.8) is 0 Å². The first-order valence-electron chi connectivity index (χ1n) is 6.57. The highest BCUT2D eigenvalue weighted by Crippen LogP contribution is 2.43. The van der Waals surface area contributed by atoms with E-state index >= 15 is 0 Å². The van der Waals surface area contributed by atoms with E-state index in [4.69, 9.17) is 17.3 Å². The lowest BCUT2D eigenvalue weighted by atomic mass is 9.93. The van der Waals surface area contributed by atoms with Gasteiger partial charge in [-0.2, -0.15) is 0 Å². The Morgan fingerprint density at radius 1 is 1.28 bits per heavy atom. The van der Waals surface area contributed by atoms with Gasteiger partial charge in [-0.05, 0) is 43.4 Å². The minimum atomic E-state index is 0.346. The molecule has 0 saturated heterocycles. The van der Waals surface area contributed by atoms with Crippen LogP contribution in [0.4, 0.5) is 0 Å². The third-order valence-corrected chi connectivity index (χ3v) is 4.07. The van der Waals surface area contributed by atoms with E-state index in [2.05, 4.69) is 22.4 Å². The lowest BCUT2D eigenvalue weighted by Gasteiger charge is -2.26. The quantitative estimate of drug-likeness (QED) is 0.651. The molecule has 2 fully saturated rings. The summed E-state index contributed by atoms with van der Waals surface area (Å²) in [5.74, 6) is 1.13. The molecule has 2 saturated carbocycles. The van der Waals surface area contributed by atoms with Crippen LogP contribution in [0.1, 0.15) is 37.2 Å². The van der Waals surface area contributed by atoms with Gasteiger partial charge in [0.05, 0.1) is 6.04 Å². The van der Waals surface area contributed by atoms with Crippen molar-refractivity contribution in [3.05, 3.63) is 34.9 Å². The van der Waals surface area contributed by atoms with Gasteiger partial charge in [-0.25, -0.2) is 4.99 Å². The Morgan fingerprint density at radius 3 is 2.61 bits per heavy atom. The van der Waals surface area contributed by atoms with Crippen molar-refractivity contribution in [3.8, 4) is 0 Å². The van der Waals surface area contributed by atoms with Crippen molar-refractivity contribution in [2.75, 3.05) is 0 Å². The van der Waals surface area contributed by atoms with E-state index in [1.54, 1.807) is 0 Å². The lowest BCUT2D eigenvalue weighted by molar-refractivity contribution is 0.382. The molecule has 2 atom stereocenters. The minimum Gasteiger partial charge on any atom is -0.370 e. The predicted octanol–water partition coefficient (Wildman–Crippen LogP) is 2.65. The van der Waals surface area contributed by atoms with E-state index in [0.29, 0.717) is 24.0 Å². The molecule has 0 amide bonds. The first kappa shape index (κ1) is 11.8. The monoisotopic (exact) mass is 263 g/mol. The third-order valence-electron chi connectivity index (χ3n) is 3.82. The first-order valence-corrected chi connectivity index (χ1v) is 6.95. The molecule has 18 heavy (non-hydrogen) atoms. The molecule has 1 aromatic rings. The van der Waals surface area contributed by atoms with Gasteiger partial charge < -0.3 is 11.1 Å². The van der Waals surface area contributed by atoms with E-state index in [0.717, 1.165) is 11.4 Å². The second-order valence-corrected chi connectivity index (χ2v) is 5.68. The molecule has 0 heterocycles. The van der Waals surface area contributed by atoms with Crippen LogP contribution in [0.3, 0.4) is 0 Å². The molecule has 3 N–H and O–H groups in total. The number of aliphatic imine (C=N–C) groups is 1. The number of nitrogens with zero attached hydrogens (tertiary/aromatic N) is 1. The highest BCUT2D eigenvalue weighted by Gasteiger charge is 2.38. The summed E-state index contributed by atoms with van der Waals surface area (Å²) in [5, 5.41) is 4.06. The second-order valence-electron chi connectivity index (χ2n) is 5.25. The third kappa shape index (κ3) is 2.61. The average Bonchev–Trinajstić information content (AvgIpc) is 3.04. The molecule has 2 aliphatic carbocycles. The number of nitrogens with two attached hydrogens (primary N) is 1. The molecule has 2 aliphatic rings. The topological polar surface area (TPSA) is 50.4 Å². The Hall–Kier alpha value is -1.22. The maximum Gasteiger partial charge on any atom is 0.189 e. The summed E-state index contributed by atoms with van der Waals surface area (Å²) in [5.41, 5.74) is 7.22. The Labute approximate surface area is 112 Å². The first-order chi connectivity index (χ1) is 8.72. The lowest BCUT2D eigenvalue weighted by Crippen LogP contribution is -2.43. The van der Waals surface area contributed by atoms with Crippen LogP contribution in [0.25, 0.3) is 0 Å². The van der Waals surface area contributed by atoms with Crippen molar-refractivity contribution >= 4 is 17.6 Å². The van der Waals surface area contributed by atoms with Crippen molar-refractivity contribution in [2.45, 2.75) is 43.7 Å². The fraction of sp³-hybridized carbons (Fsp3) is 0.500. The summed E-state index contributed by atoms with van der Waals surface area (Å²) >= 11 is 5.88. The highest BCUT2D eigenvalue weighted by molar-refractivity contribution is 6.30. The number of rotatable bonds is 3. The van der Waals surface area contributed by atoms with Gasteiger partial charge in [-0.15, -0.1) is 0 Å².